The molecular weight excluding hydrogens is 437 g/mol. The average Bonchev–Trinajstić information content (AvgIpc) is 3.08. The second kappa shape index (κ2) is 10.8. The molecule has 26 heavy (non-hydrogen) atoms. The lowest BCUT2D eigenvalue weighted by atomic mass is 9.98. The van der Waals surface area contributed by atoms with Crippen LogP contribution in [0.3, 0.4) is 0 Å². The summed E-state index contributed by atoms with van der Waals surface area (Å²) in [6.07, 6.45) is 5.73. The summed E-state index contributed by atoms with van der Waals surface area (Å²) in [4.78, 5) is 10.3. The number of nitrogens with one attached hydrogen (secondary N) is 3. The van der Waals surface area contributed by atoms with Gasteiger partial charge in [-0.25, -0.2) is 0 Å². The summed E-state index contributed by atoms with van der Waals surface area (Å²) in [6.45, 7) is 7.76. The molecule has 5 nitrogen and oxygen atoms in total. The van der Waals surface area contributed by atoms with Crippen molar-refractivity contribution in [1.82, 2.24) is 20.5 Å². The molecular formula is C20H32IN5. The predicted octanol–water partition coefficient (Wildman–Crippen LogP) is 3.23. The Hall–Kier alpha value is -1.28. The molecule has 1 unspecified atom stereocenters. The molecule has 144 valence electrons. The third-order valence-electron chi connectivity index (χ3n) is 5.19. The maximum Gasteiger partial charge on any atom is 0.190 e. The first-order valence-electron chi connectivity index (χ1n) is 9.52. The highest BCUT2D eigenvalue weighted by molar-refractivity contribution is 14.0. The van der Waals surface area contributed by atoms with Crippen molar-refractivity contribution >= 4 is 40.8 Å². The third kappa shape index (κ3) is 5.61. The fourth-order valence-electron chi connectivity index (χ4n) is 3.72. The number of piperidine rings is 1. The van der Waals surface area contributed by atoms with Crippen LogP contribution in [0.25, 0.3) is 10.9 Å². The highest BCUT2D eigenvalue weighted by Crippen LogP contribution is 2.17. The largest absolute Gasteiger partial charge is 0.361 e. The Morgan fingerprint density at radius 1 is 1.31 bits per heavy atom. The number of rotatable bonds is 6. The van der Waals surface area contributed by atoms with Crippen LogP contribution in [0.4, 0.5) is 0 Å². The Balaban J connectivity index is 0.00000243. The normalized spacial score (nSPS) is 18.5. The number of para-hydroxylation sites is 1. The van der Waals surface area contributed by atoms with Crippen LogP contribution < -0.4 is 10.6 Å². The SMILES string of the molecule is CCN1CCCC(CNC(=NC)NCCc2c[nH]c3ccccc23)C1.I. The summed E-state index contributed by atoms with van der Waals surface area (Å²) in [5.74, 6) is 1.63. The molecule has 0 spiro atoms. The number of fused-ring (bicyclic) bond motifs is 1. The Kier molecular flexibility index (Phi) is 8.71. The summed E-state index contributed by atoms with van der Waals surface area (Å²) < 4.78 is 0. The molecule has 1 saturated heterocycles. The molecule has 1 atom stereocenters. The van der Waals surface area contributed by atoms with Crippen LogP contribution >= 0.6 is 24.0 Å². The Labute approximate surface area is 174 Å². The third-order valence-corrected chi connectivity index (χ3v) is 5.19. The van der Waals surface area contributed by atoms with Gasteiger partial charge < -0.3 is 20.5 Å². The van der Waals surface area contributed by atoms with Gasteiger partial charge in [-0.1, -0.05) is 25.1 Å². The van der Waals surface area contributed by atoms with E-state index in [1.807, 2.05) is 7.05 Å². The van der Waals surface area contributed by atoms with Gasteiger partial charge in [-0.15, -0.1) is 24.0 Å². The molecule has 1 aliphatic heterocycles. The topological polar surface area (TPSA) is 55.4 Å². The van der Waals surface area contributed by atoms with Gasteiger partial charge >= 0.3 is 0 Å². The molecule has 1 fully saturated rings. The number of nitrogens with zero attached hydrogens (tertiary/aromatic N) is 2. The lowest BCUT2D eigenvalue weighted by Crippen LogP contribution is -2.44. The number of aromatic nitrogens is 1. The Morgan fingerprint density at radius 2 is 2.15 bits per heavy atom. The molecule has 3 rings (SSSR count). The number of H-pyrrole nitrogens is 1. The van der Waals surface area contributed by atoms with Crippen LogP contribution in [0, 0.1) is 5.92 Å². The van der Waals surface area contributed by atoms with Crippen LogP contribution in [0.1, 0.15) is 25.3 Å². The van der Waals surface area contributed by atoms with Crippen LogP contribution in [-0.2, 0) is 6.42 Å². The summed E-state index contributed by atoms with van der Waals surface area (Å²) >= 11 is 0. The number of hydrogen-bond acceptors (Lipinski definition) is 2. The van der Waals surface area contributed by atoms with Crippen molar-refractivity contribution in [3.63, 3.8) is 0 Å². The zero-order valence-electron chi connectivity index (χ0n) is 15.9. The number of hydrogen-bond donors (Lipinski definition) is 3. The van der Waals surface area contributed by atoms with Gasteiger partial charge in [-0.2, -0.15) is 0 Å². The highest BCUT2D eigenvalue weighted by Gasteiger charge is 2.18. The molecule has 1 aromatic heterocycles. The summed E-state index contributed by atoms with van der Waals surface area (Å²) in [5, 5.41) is 8.27. The molecule has 3 N–H and O–H groups in total. The number of guanidine groups is 1. The number of aromatic amines is 1. The van der Waals surface area contributed by atoms with Crippen molar-refractivity contribution in [3.05, 3.63) is 36.0 Å². The van der Waals surface area contributed by atoms with Gasteiger partial charge in [0.05, 0.1) is 0 Å². The van der Waals surface area contributed by atoms with Crippen LogP contribution in [-0.4, -0.2) is 55.6 Å². The van der Waals surface area contributed by atoms with Crippen molar-refractivity contribution in [3.8, 4) is 0 Å². The molecule has 0 radical (unpaired) electrons. The van der Waals surface area contributed by atoms with Gasteiger partial charge in [-0.05, 0) is 49.9 Å². The quantitative estimate of drug-likeness (QED) is 0.346. The zero-order chi connectivity index (χ0) is 17.5. The minimum atomic E-state index is 0. The Bertz CT molecular complexity index is 696. The molecule has 0 saturated carbocycles. The fourth-order valence-corrected chi connectivity index (χ4v) is 3.72. The molecule has 1 aliphatic rings. The molecule has 0 aliphatic carbocycles. The lowest BCUT2D eigenvalue weighted by Gasteiger charge is -2.32. The van der Waals surface area contributed by atoms with Crippen molar-refractivity contribution in [2.45, 2.75) is 26.2 Å². The number of benzene rings is 1. The number of halogens is 1. The maximum absolute atomic E-state index is 4.37. The van der Waals surface area contributed by atoms with Gasteiger partial charge in [0, 0.05) is 43.8 Å². The van der Waals surface area contributed by atoms with Crippen molar-refractivity contribution in [2.75, 3.05) is 39.8 Å². The standard InChI is InChI=1S/C20H31N5.HI/c1-3-25-12-6-7-16(15-25)13-24-20(21-2)22-11-10-17-14-23-19-9-5-4-8-18(17)19;/h4-5,8-9,14,16,23H,3,6-7,10-13,15H2,1-2H3,(H2,21,22,24);1H. The maximum atomic E-state index is 4.37. The van der Waals surface area contributed by atoms with Crippen LogP contribution in [0.2, 0.25) is 0 Å². The van der Waals surface area contributed by atoms with Crippen molar-refractivity contribution in [2.24, 2.45) is 10.9 Å². The lowest BCUT2D eigenvalue weighted by molar-refractivity contribution is 0.183. The van der Waals surface area contributed by atoms with Crippen molar-refractivity contribution < 1.29 is 0 Å². The molecule has 0 amide bonds. The van der Waals surface area contributed by atoms with Gasteiger partial charge in [0.15, 0.2) is 5.96 Å². The van der Waals surface area contributed by atoms with Gasteiger partial charge in [0.25, 0.3) is 0 Å². The van der Waals surface area contributed by atoms with Gasteiger partial charge in [0.1, 0.15) is 0 Å². The van der Waals surface area contributed by atoms with Crippen LogP contribution in [0.15, 0.2) is 35.5 Å². The number of aliphatic imine (C=N–C) groups is 1. The minimum Gasteiger partial charge on any atom is -0.361 e. The first-order valence-corrected chi connectivity index (χ1v) is 9.52. The van der Waals surface area contributed by atoms with Gasteiger partial charge in [0.2, 0.25) is 0 Å². The molecule has 0 bridgehead atoms. The van der Waals surface area contributed by atoms with E-state index in [0.717, 1.165) is 37.9 Å². The second-order valence-corrected chi connectivity index (χ2v) is 6.89. The first kappa shape index (κ1) is 21.0. The monoisotopic (exact) mass is 469 g/mol. The van der Waals surface area contributed by atoms with E-state index in [9.17, 15) is 0 Å². The predicted molar refractivity (Wildman–Crippen MR) is 122 cm³/mol. The molecule has 2 heterocycles. The van der Waals surface area contributed by atoms with E-state index >= 15 is 0 Å². The summed E-state index contributed by atoms with van der Waals surface area (Å²) in [7, 11) is 1.85. The van der Waals surface area contributed by atoms with Crippen molar-refractivity contribution in [1.29, 1.82) is 0 Å². The molecule has 6 heteroatoms. The van der Waals surface area contributed by atoms with E-state index in [-0.39, 0.29) is 24.0 Å². The van der Waals surface area contributed by atoms with Gasteiger partial charge in [-0.3, -0.25) is 4.99 Å². The van der Waals surface area contributed by atoms with E-state index in [4.69, 9.17) is 0 Å². The van der Waals surface area contributed by atoms with E-state index in [1.54, 1.807) is 0 Å². The molecule has 1 aromatic carbocycles. The Morgan fingerprint density at radius 3 is 2.96 bits per heavy atom. The van der Waals surface area contributed by atoms with E-state index in [2.05, 4.69) is 62.9 Å². The fraction of sp³-hybridized carbons (Fsp3) is 0.550. The highest BCUT2D eigenvalue weighted by atomic mass is 127. The molecule has 2 aromatic rings. The smallest absolute Gasteiger partial charge is 0.190 e. The van der Waals surface area contributed by atoms with Crippen LogP contribution in [0.5, 0.6) is 0 Å². The summed E-state index contributed by atoms with van der Waals surface area (Å²) in [5.41, 5.74) is 2.56. The zero-order valence-corrected chi connectivity index (χ0v) is 18.3. The average molecular weight is 469 g/mol. The second-order valence-electron chi connectivity index (χ2n) is 6.89. The minimum absolute atomic E-state index is 0. The first-order chi connectivity index (χ1) is 12.3. The summed E-state index contributed by atoms with van der Waals surface area (Å²) in [6, 6.07) is 8.46. The van der Waals surface area contributed by atoms with E-state index in [0.29, 0.717) is 0 Å². The number of likely N-dealkylation sites (tertiary alicyclic amines) is 1. The van der Waals surface area contributed by atoms with E-state index in [1.165, 1.54) is 42.4 Å². The van der Waals surface area contributed by atoms with E-state index < -0.39 is 0 Å².